The molecular weight excluding hydrogens is 290 g/mol. The molecule has 0 saturated heterocycles. The molecule has 1 aliphatic rings. The van der Waals surface area contributed by atoms with Crippen molar-refractivity contribution in [2.24, 2.45) is 0 Å². The number of hydrogen-bond donors (Lipinski definition) is 0. The Balaban J connectivity index is 2.05. The molecular formula is C19H19NO3. The van der Waals surface area contributed by atoms with E-state index in [-0.39, 0.29) is 23.8 Å². The zero-order chi connectivity index (χ0) is 16.4. The van der Waals surface area contributed by atoms with Crippen LogP contribution in [0, 0.1) is 0 Å². The summed E-state index contributed by atoms with van der Waals surface area (Å²) in [6.07, 6.45) is 0.558. The Kier molecular flexibility index (Phi) is 4.15. The van der Waals surface area contributed by atoms with Gasteiger partial charge < -0.3 is 9.64 Å². The highest BCUT2D eigenvalue weighted by molar-refractivity contribution is 6.07. The van der Waals surface area contributed by atoms with Crippen LogP contribution in [-0.4, -0.2) is 25.0 Å². The number of fused-ring (bicyclic) bond motifs is 1. The lowest BCUT2D eigenvalue weighted by Gasteiger charge is -2.38. The fourth-order valence-corrected chi connectivity index (χ4v) is 3.21. The summed E-state index contributed by atoms with van der Waals surface area (Å²) in [5.74, 6) is -0.629. The summed E-state index contributed by atoms with van der Waals surface area (Å²) >= 11 is 0. The summed E-state index contributed by atoms with van der Waals surface area (Å²) < 4.78 is 4.93. The Labute approximate surface area is 135 Å². The van der Waals surface area contributed by atoms with E-state index in [2.05, 4.69) is 0 Å². The number of methoxy groups -OCH3 is 1. The van der Waals surface area contributed by atoms with E-state index in [0.29, 0.717) is 12.0 Å². The van der Waals surface area contributed by atoms with Crippen LogP contribution in [-0.2, 0) is 9.53 Å². The minimum Gasteiger partial charge on any atom is -0.469 e. The fraction of sp³-hybridized carbons (Fsp3) is 0.263. The van der Waals surface area contributed by atoms with Crippen LogP contribution in [0.15, 0.2) is 54.6 Å². The lowest BCUT2D eigenvalue weighted by atomic mass is 9.85. The van der Waals surface area contributed by atoms with E-state index in [0.717, 1.165) is 11.3 Å². The fourth-order valence-electron chi connectivity index (χ4n) is 3.21. The van der Waals surface area contributed by atoms with Crippen molar-refractivity contribution in [3.8, 4) is 0 Å². The Bertz CT molecular complexity index is 726. The van der Waals surface area contributed by atoms with Crippen LogP contribution < -0.4 is 4.90 Å². The SMILES string of the molecule is COC(=O)C1CC(C)N(C(=O)c2ccccc2)c2ccccc21. The number of ether oxygens (including phenoxy) is 1. The van der Waals surface area contributed by atoms with Gasteiger partial charge in [0.05, 0.1) is 13.0 Å². The highest BCUT2D eigenvalue weighted by Gasteiger charge is 2.37. The monoisotopic (exact) mass is 309 g/mol. The van der Waals surface area contributed by atoms with Crippen molar-refractivity contribution in [1.82, 2.24) is 0 Å². The molecule has 23 heavy (non-hydrogen) atoms. The average molecular weight is 309 g/mol. The molecule has 0 saturated carbocycles. The molecule has 1 aliphatic heterocycles. The quantitative estimate of drug-likeness (QED) is 0.799. The molecule has 2 atom stereocenters. The molecule has 0 spiro atoms. The first kappa shape index (κ1) is 15.3. The van der Waals surface area contributed by atoms with Gasteiger partial charge in [-0.1, -0.05) is 36.4 Å². The molecule has 2 unspecified atom stereocenters. The largest absolute Gasteiger partial charge is 0.469 e. The molecule has 0 bridgehead atoms. The molecule has 0 N–H and O–H groups in total. The van der Waals surface area contributed by atoms with Crippen LogP contribution in [0.5, 0.6) is 0 Å². The van der Waals surface area contributed by atoms with E-state index in [1.807, 2.05) is 61.5 Å². The Morgan fingerprint density at radius 2 is 1.70 bits per heavy atom. The predicted octanol–water partition coefficient (Wildman–Crippen LogP) is 3.38. The van der Waals surface area contributed by atoms with Crippen molar-refractivity contribution in [1.29, 1.82) is 0 Å². The van der Waals surface area contributed by atoms with Gasteiger partial charge in [-0.25, -0.2) is 0 Å². The molecule has 2 aromatic rings. The van der Waals surface area contributed by atoms with Gasteiger partial charge in [-0.2, -0.15) is 0 Å². The van der Waals surface area contributed by atoms with Crippen molar-refractivity contribution in [3.63, 3.8) is 0 Å². The molecule has 1 heterocycles. The van der Waals surface area contributed by atoms with E-state index in [1.54, 1.807) is 4.90 Å². The van der Waals surface area contributed by atoms with Crippen molar-refractivity contribution in [3.05, 3.63) is 65.7 Å². The average Bonchev–Trinajstić information content (AvgIpc) is 2.60. The van der Waals surface area contributed by atoms with Gasteiger partial charge in [-0.3, -0.25) is 9.59 Å². The normalized spacial score (nSPS) is 19.8. The van der Waals surface area contributed by atoms with Crippen LogP contribution in [0.2, 0.25) is 0 Å². The lowest BCUT2D eigenvalue weighted by Crippen LogP contribution is -2.44. The minimum atomic E-state index is -0.328. The zero-order valence-corrected chi connectivity index (χ0v) is 13.2. The Morgan fingerprint density at radius 1 is 1.04 bits per heavy atom. The maximum absolute atomic E-state index is 12.9. The number of esters is 1. The van der Waals surface area contributed by atoms with Crippen LogP contribution in [0.3, 0.4) is 0 Å². The number of para-hydroxylation sites is 1. The van der Waals surface area contributed by atoms with Crippen LogP contribution in [0.4, 0.5) is 5.69 Å². The van der Waals surface area contributed by atoms with E-state index in [4.69, 9.17) is 4.74 Å². The smallest absolute Gasteiger partial charge is 0.313 e. The number of carbonyl (C=O) groups is 2. The van der Waals surface area contributed by atoms with Gasteiger partial charge in [-0.05, 0) is 37.1 Å². The Morgan fingerprint density at radius 3 is 2.39 bits per heavy atom. The van der Waals surface area contributed by atoms with E-state index in [1.165, 1.54) is 7.11 Å². The summed E-state index contributed by atoms with van der Waals surface area (Å²) in [6, 6.07) is 16.7. The molecule has 1 amide bonds. The third-order valence-electron chi connectivity index (χ3n) is 4.31. The number of hydrogen-bond acceptors (Lipinski definition) is 3. The van der Waals surface area contributed by atoms with E-state index in [9.17, 15) is 9.59 Å². The number of rotatable bonds is 2. The van der Waals surface area contributed by atoms with Crippen molar-refractivity contribution in [2.45, 2.75) is 25.3 Å². The van der Waals surface area contributed by atoms with Gasteiger partial charge in [-0.15, -0.1) is 0 Å². The number of carbonyl (C=O) groups excluding carboxylic acids is 2. The van der Waals surface area contributed by atoms with Gasteiger partial charge in [0.2, 0.25) is 0 Å². The van der Waals surface area contributed by atoms with Gasteiger partial charge >= 0.3 is 5.97 Å². The molecule has 4 heteroatoms. The number of nitrogens with zero attached hydrogens (tertiary/aromatic N) is 1. The highest BCUT2D eigenvalue weighted by atomic mass is 16.5. The molecule has 118 valence electrons. The first-order chi connectivity index (χ1) is 11.1. The predicted molar refractivity (Wildman–Crippen MR) is 88.5 cm³/mol. The first-order valence-corrected chi connectivity index (χ1v) is 7.69. The van der Waals surface area contributed by atoms with Crippen molar-refractivity contribution in [2.75, 3.05) is 12.0 Å². The van der Waals surface area contributed by atoms with Crippen LogP contribution >= 0.6 is 0 Å². The maximum atomic E-state index is 12.9. The zero-order valence-electron chi connectivity index (χ0n) is 13.2. The topological polar surface area (TPSA) is 46.6 Å². The number of anilines is 1. The first-order valence-electron chi connectivity index (χ1n) is 7.69. The summed E-state index contributed by atoms with van der Waals surface area (Å²) in [5, 5.41) is 0. The van der Waals surface area contributed by atoms with Gasteiger partial charge in [0, 0.05) is 17.3 Å². The molecule has 2 aromatic carbocycles. The van der Waals surface area contributed by atoms with Crippen LogP contribution in [0.1, 0.15) is 35.2 Å². The molecule has 0 fully saturated rings. The van der Waals surface area contributed by atoms with E-state index < -0.39 is 0 Å². The van der Waals surface area contributed by atoms with Gasteiger partial charge in [0.1, 0.15) is 0 Å². The lowest BCUT2D eigenvalue weighted by molar-refractivity contribution is -0.142. The second-order valence-electron chi connectivity index (χ2n) is 5.76. The highest BCUT2D eigenvalue weighted by Crippen LogP contribution is 2.39. The molecule has 0 radical (unpaired) electrons. The second kappa shape index (κ2) is 6.24. The van der Waals surface area contributed by atoms with E-state index >= 15 is 0 Å². The minimum absolute atomic E-state index is 0.0473. The standard InChI is InChI=1S/C19H19NO3/c1-13-12-16(19(22)23-2)15-10-6-7-11-17(15)20(13)18(21)14-8-4-3-5-9-14/h3-11,13,16H,12H2,1-2H3. The van der Waals surface area contributed by atoms with Crippen molar-refractivity contribution < 1.29 is 14.3 Å². The summed E-state index contributed by atoms with van der Waals surface area (Å²) in [6.45, 7) is 1.96. The number of benzene rings is 2. The summed E-state index contributed by atoms with van der Waals surface area (Å²) in [5.41, 5.74) is 2.28. The molecule has 4 nitrogen and oxygen atoms in total. The molecule has 0 aromatic heterocycles. The second-order valence-corrected chi connectivity index (χ2v) is 5.76. The summed E-state index contributed by atoms with van der Waals surface area (Å²) in [7, 11) is 1.40. The van der Waals surface area contributed by atoms with Gasteiger partial charge in [0.15, 0.2) is 0 Å². The van der Waals surface area contributed by atoms with Crippen LogP contribution in [0.25, 0.3) is 0 Å². The van der Waals surface area contributed by atoms with Crippen molar-refractivity contribution >= 4 is 17.6 Å². The number of amides is 1. The summed E-state index contributed by atoms with van der Waals surface area (Å²) in [4.78, 5) is 26.8. The van der Waals surface area contributed by atoms with Gasteiger partial charge in [0.25, 0.3) is 5.91 Å². The third kappa shape index (κ3) is 2.72. The third-order valence-corrected chi connectivity index (χ3v) is 4.31. The molecule has 3 rings (SSSR count). The molecule has 0 aliphatic carbocycles. The maximum Gasteiger partial charge on any atom is 0.313 e. The Hall–Kier alpha value is -2.62.